The first kappa shape index (κ1) is 20.0. The van der Waals surface area contributed by atoms with Gasteiger partial charge in [0, 0.05) is 32.8 Å². The average Bonchev–Trinajstić information content (AvgIpc) is 2.93. The summed E-state index contributed by atoms with van der Waals surface area (Å²) in [4.78, 5) is 6.80. The second-order valence-electron chi connectivity index (χ2n) is 6.11. The van der Waals surface area contributed by atoms with Crippen molar-refractivity contribution in [3.05, 3.63) is 0 Å². The standard InChI is InChI=1S/C16H31N3O2.HI/c1-2-17-16(19-11-9-14(20)13-19)18-10-6-12-21-15-7-4-3-5-8-15;/h14-15,20H,2-13H2,1H3,(H,17,18);1H/t14-;/m1./s1. The molecule has 2 aliphatic rings. The Kier molecular flexibility index (Phi) is 10.4. The number of ether oxygens (including phenoxy) is 1. The number of aliphatic hydroxyl groups is 1. The fourth-order valence-electron chi connectivity index (χ4n) is 3.09. The summed E-state index contributed by atoms with van der Waals surface area (Å²) in [5.74, 6) is 0.937. The summed E-state index contributed by atoms with van der Waals surface area (Å²) in [5.41, 5.74) is 0. The molecule has 0 aromatic carbocycles. The number of aliphatic imine (C=N–C) groups is 1. The van der Waals surface area contributed by atoms with Crippen LogP contribution in [-0.2, 0) is 4.74 Å². The second-order valence-corrected chi connectivity index (χ2v) is 6.11. The lowest BCUT2D eigenvalue weighted by atomic mass is 9.98. The molecule has 130 valence electrons. The molecular formula is C16H32IN3O2. The Bertz CT molecular complexity index is 323. The fourth-order valence-corrected chi connectivity index (χ4v) is 3.09. The molecule has 2 rings (SSSR count). The van der Waals surface area contributed by atoms with Crippen molar-refractivity contribution in [1.82, 2.24) is 10.2 Å². The SMILES string of the molecule is CCNC(=NCCCOC1CCCCC1)N1CC[C@@H](O)C1.I. The highest BCUT2D eigenvalue weighted by Crippen LogP contribution is 2.20. The van der Waals surface area contributed by atoms with Crippen molar-refractivity contribution in [2.24, 2.45) is 4.99 Å². The molecule has 1 atom stereocenters. The molecule has 1 aliphatic carbocycles. The van der Waals surface area contributed by atoms with Crippen molar-refractivity contribution in [2.75, 3.05) is 32.8 Å². The van der Waals surface area contributed by atoms with Gasteiger partial charge >= 0.3 is 0 Å². The summed E-state index contributed by atoms with van der Waals surface area (Å²) in [5, 5.41) is 12.9. The van der Waals surface area contributed by atoms with E-state index in [1.807, 2.05) is 0 Å². The van der Waals surface area contributed by atoms with E-state index in [0.29, 0.717) is 12.6 Å². The van der Waals surface area contributed by atoms with Crippen molar-refractivity contribution < 1.29 is 9.84 Å². The Labute approximate surface area is 151 Å². The van der Waals surface area contributed by atoms with Crippen molar-refractivity contribution in [1.29, 1.82) is 0 Å². The van der Waals surface area contributed by atoms with E-state index >= 15 is 0 Å². The van der Waals surface area contributed by atoms with Crippen LogP contribution in [-0.4, -0.2) is 61.0 Å². The van der Waals surface area contributed by atoms with Gasteiger partial charge in [-0.2, -0.15) is 0 Å². The van der Waals surface area contributed by atoms with Crippen LogP contribution in [0.5, 0.6) is 0 Å². The van der Waals surface area contributed by atoms with Crippen LogP contribution in [0.4, 0.5) is 0 Å². The van der Waals surface area contributed by atoms with Gasteiger partial charge in [-0.15, -0.1) is 24.0 Å². The van der Waals surface area contributed by atoms with Crippen LogP contribution < -0.4 is 5.32 Å². The third kappa shape index (κ3) is 7.00. The first-order valence-electron chi connectivity index (χ1n) is 8.62. The average molecular weight is 425 g/mol. The van der Waals surface area contributed by atoms with Crippen molar-refractivity contribution >= 4 is 29.9 Å². The Morgan fingerprint density at radius 2 is 2.05 bits per heavy atom. The molecule has 0 aromatic heterocycles. The summed E-state index contributed by atoms with van der Waals surface area (Å²) in [6.45, 7) is 6.14. The van der Waals surface area contributed by atoms with Gasteiger partial charge in [0.2, 0.25) is 0 Å². The van der Waals surface area contributed by atoms with Crippen LogP contribution >= 0.6 is 24.0 Å². The van der Waals surface area contributed by atoms with Crippen LogP contribution in [0.25, 0.3) is 0 Å². The summed E-state index contributed by atoms with van der Waals surface area (Å²) in [6, 6.07) is 0. The van der Waals surface area contributed by atoms with E-state index in [2.05, 4.69) is 22.1 Å². The van der Waals surface area contributed by atoms with Gasteiger partial charge in [-0.25, -0.2) is 0 Å². The predicted octanol–water partition coefficient (Wildman–Crippen LogP) is 2.38. The summed E-state index contributed by atoms with van der Waals surface area (Å²) in [7, 11) is 0. The number of nitrogens with zero attached hydrogens (tertiary/aromatic N) is 2. The Balaban J connectivity index is 0.00000242. The second kappa shape index (κ2) is 11.5. The third-order valence-corrected chi connectivity index (χ3v) is 4.27. The molecule has 2 fully saturated rings. The summed E-state index contributed by atoms with van der Waals surface area (Å²) >= 11 is 0. The van der Waals surface area contributed by atoms with Crippen molar-refractivity contribution in [3.63, 3.8) is 0 Å². The van der Waals surface area contributed by atoms with Crippen LogP contribution in [0.2, 0.25) is 0 Å². The molecule has 0 radical (unpaired) electrons. The number of halogens is 1. The highest BCUT2D eigenvalue weighted by molar-refractivity contribution is 14.0. The van der Waals surface area contributed by atoms with Gasteiger partial charge in [-0.1, -0.05) is 19.3 Å². The van der Waals surface area contributed by atoms with E-state index in [4.69, 9.17) is 4.74 Å². The normalized spacial score (nSPS) is 23.5. The van der Waals surface area contributed by atoms with Crippen LogP contribution in [0, 0.1) is 0 Å². The Morgan fingerprint density at radius 3 is 2.68 bits per heavy atom. The Morgan fingerprint density at radius 1 is 1.27 bits per heavy atom. The maximum atomic E-state index is 9.63. The van der Waals surface area contributed by atoms with E-state index in [-0.39, 0.29) is 30.1 Å². The monoisotopic (exact) mass is 425 g/mol. The number of rotatable bonds is 6. The fraction of sp³-hybridized carbons (Fsp3) is 0.938. The molecule has 1 saturated heterocycles. The van der Waals surface area contributed by atoms with Crippen molar-refractivity contribution in [3.8, 4) is 0 Å². The van der Waals surface area contributed by atoms with E-state index in [0.717, 1.165) is 45.0 Å². The minimum atomic E-state index is -0.205. The Hall–Kier alpha value is -0.0800. The molecule has 0 aromatic rings. The zero-order valence-electron chi connectivity index (χ0n) is 13.8. The largest absolute Gasteiger partial charge is 0.391 e. The number of nitrogens with one attached hydrogen (secondary N) is 1. The minimum absolute atomic E-state index is 0. The number of aliphatic hydroxyl groups excluding tert-OH is 1. The molecular weight excluding hydrogens is 393 g/mol. The van der Waals surface area contributed by atoms with Crippen LogP contribution in [0.3, 0.4) is 0 Å². The molecule has 0 unspecified atom stereocenters. The van der Waals surface area contributed by atoms with E-state index in [1.165, 1.54) is 32.1 Å². The number of hydrogen-bond donors (Lipinski definition) is 2. The van der Waals surface area contributed by atoms with Gasteiger partial charge in [0.1, 0.15) is 0 Å². The highest BCUT2D eigenvalue weighted by atomic mass is 127. The maximum absolute atomic E-state index is 9.63. The molecule has 1 aliphatic heterocycles. The molecule has 5 nitrogen and oxygen atoms in total. The highest BCUT2D eigenvalue weighted by Gasteiger charge is 2.22. The van der Waals surface area contributed by atoms with Gasteiger partial charge in [0.05, 0.1) is 12.2 Å². The van der Waals surface area contributed by atoms with Gasteiger partial charge in [0.15, 0.2) is 5.96 Å². The smallest absolute Gasteiger partial charge is 0.194 e. The lowest BCUT2D eigenvalue weighted by Gasteiger charge is -2.22. The van der Waals surface area contributed by atoms with E-state index in [1.54, 1.807) is 0 Å². The molecule has 1 saturated carbocycles. The third-order valence-electron chi connectivity index (χ3n) is 4.27. The number of hydrogen-bond acceptors (Lipinski definition) is 3. The lowest BCUT2D eigenvalue weighted by molar-refractivity contribution is 0.0281. The molecule has 2 N–H and O–H groups in total. The molecule has 0 amide bonds. The topological polar surface area (TPSA) is 57.1 Å². The zero-order chi connectivity index (χ0) is 14.9. The van der Waals surface area contributed by atoms with Crippen LogP contribution in [0.1, 0.15) is 51.9 Å². The number of β-amino-alcohol motifs (C(OH)–C–C–N with tert-alkyl or cyclic N) is 1. The van der Waals surface area contributed by atoms with E-state index < -0.39 is 0 Å². The van der Waals surface area contributed by atoms with Gasteiger partial charge < -0.3 is 20.1 Å². The molecule has 0 spiro atoms. The van der Waals surface area contributed by atoms with Gasteiger partial charge in [0.25, 0.3) is 0 Å². The first-order chi connectivity index (χ1) is 10.3. The number of likely N-dealkylation sites (tertiary alicyclic amines) is 1. The van der Waals surface area contributed by atoms with Crippen molar-refractivity contribution in [2.45, 2.75) is 64.1 Å². The minimum Gasteiger partial charge on any atom is -0.391 e. The van der Waals surface area contributed by atoms with Crippen LogP contribution in [0.15, 0.2) is 4.99 Å². The zero-order valence-corrected chi connectivity index (χ0v) is 16.1. The first-order valence-corrected chi connectivity index (χ1v) is 8.62. The summed E-state index contributed by atoms with van der Waals surface area (Å²) < 4.78 is 5.92. The lowest BCUT2D eigenvalue weighted by Crippen LogP contribution is -2.40. The maximum Gasteiger partial charge on any atom is 0.194 e. The molecule has 1 heterocycles. The van der Waals surface area contributed by atoms with Gasteiger partial charge in [-0.05, 0) is 32.6 Å². The molecule has 22 heavy (non-hydrogen) atoms. The van der Waals surface area contributed by atoms with E-state index in [9.17, 15) is 5.11 Å². The molecule has 0 bridgehead atoms. The predicted molar refractivity (Wildman–Crippen MR) is 101 cm³/mol. The van der Waals surface area contributed by atoms with Gasteiger partial charge in [-0.3, -0.25) is 4.99 Å². The summed E-state index contributed by atoms with van der Waals surface area (Å²) in [6.07, 6.45) is 8.59. The number of guanidine groups is 1. The molecule has 6 heteroatoms. The quantitative estimate of drug-likeness (QED) is 0.297.